The number of aliphatic hydroxyl groups is 3. The minimum atomic E-state index is -0.332. The second-order valence-corrected chi connectivity index (χ2v) is 10.0. The molecule has 0 aromatic rings. The number of carbonyl (C=O) groups is 1. The Morgan fingerprint density at radius 3 is 2.32 bits per heavy atom. The predicted octanol–water partition coefficient (Wildman–Crippen LogP) is 2.54. The van der Waals surface area contributed by atoms with Gasteiger partial charge in [0.25, 0.3) is 0 Å². The molecule has 142 valence electrons. The van der Waals surface area contributed by atoms with Gasteiger partial charge >= 0.3 is 0 Å². The molecule has 0 unspecified atom stereocenters. The van der Waals surface area contributed by atoms with Gasteiger partial charge in [0.1, 0.15) is 6.61 Å². The number of hydrogen-bond donors (Lipinski definition) is 3. The summed E-state index contributed by atoms with van der Waals surface area (Å²) in [6.45, 7) is 4.30. The van der Waals surface area contributed by atoms with Crippen molar-refractivity contribution in [3.05, 3.63) is 0 Å². The molecule has 4 saturated carbocycles. The van der Waals surface area contributed by atoms with Gasteiger partial charge in [0, 0.05) is 5.92 Å². The summed E-state index contributed by atoms with van der Waals surface area (Å²) in [7, 11) is 0. The van der Waals surface area contributed by atoms with E-state index >= 15 is 0 Å². The number of rotatable bonds is 2. The highest BCUT2D eigenvalue weighted by molar-refractivity contribution is 5.83. The first kappa shape index (κ1) is 17.9. The lowest BCUT2D eigenvalue weighted by Gasteiger charge is -2.62. The second-order valence-electron chi connectivity index (χ2n) is 10.0. The average molecular weight is 350 g/mol. The number of hydrogen-bond acceptors (Lipinski definition) is 4. The van der Waals surface area contributed by atoms with Gasteiger partial charge in [-0.1, -0.05) is 13.8 Å². The summed E-state index contributed by atoms with van der Waals surface area (Å²) in [6, 6.07) is 0. The van der Waals surface area contributed by atoms with Crippen LogP contribution >= 0.6 is 0 Å². The first-order valence-corrected chi connectivity index (χ1v) is 10.3. The van der Waals surface area contributed by atoms with E-state index in [-0.39, 0.29) is 47.3 Å². The van der Waals surface area contributed by atoms with Crippen molar-refractivity contribution in [2.75, 3.05) is 6.61 Å². The van der Waals surface area contributed by atoms with Crippen molar-refractivity contribution in [1.29, 1.82) is 0 Å². The Balaban J connectivity index is 1.63. The summed E-state index contributed by atoms with van der Waals surface area (Å²) in [5.41, 5.74) is 0.125. The van der Waals surface area contributed by atoms with E-state index in [1.54, 1.807) is 0 Å². The predicted molar refractivity (Wildman–Crippen MR) is 94.7 cm³/mol. The van der Waals surface area contributed by atoms with E-state index in [2.05, 4.69) is 13.8 Å². The van der Waals surface area contributed by atoms with Gasteiger partial charge in [0.05, 0.1) is 12.2 Å². The summed E-state index contributed by atoms with van der Waals surface area (Å²) in [4.78, 5) is 12.3. The van der Waals surface area contributed by atoms with Crippen LogP contribution in [-0.4, -0.2) is 39.9 Å². The molecule has 4 fully saturated rings. The molecular formula is C21H34O4. The van der Waals surface area contributed by atoms with Crippen LogP contribution in [0.1, 0.15) is 65.2 Å². The van der Waals surface area contributed by atoms with E-state index in [0.717, 1.165) is 51.4 Å². The molecule has 25 heavy (non-hydrogen) atoms. The normalized spacial score (nSPS) is 55.2. The lowest BCUT2D eigenvalue weighted by atomic mass is 9.44. The zero-order valence-corrected chi connectivity index (χ0v) is 15.7. The summed E-state index contributed by atoms with van der Waals surface area (Å²) in [5, 5.41) is 30.4. The Hall–Kier alpha value is -0.450. The van der Waals surface area contributed by atoms with Crippen LogP contribution in [0.15, 0.2) is 0 Å². The van der Waals surface area contributed by atoms with Crippen molar-refractivity contribution in [1.82, 2.24) is 0 Å². The van der Waals surface area contributed by atoms with E-state index in [9.17, 15) is 20.1 Å². The van der Waals surface area contributed by atoms with Gasteiger partial charge in [-0.05, 0) is 85.9 Å². The zero-order valence-electron chi connectivity index (χ0n) is 15.7. The van der Waals surface area contributed by atoms with Crippen LogP contribution in [0.2, 0.25) is 0 Å². The molecule has 4 heteroatoms. The largest absolute Gasteiger partial charge is 0.393 e. The van der Waals surface area contributed by atoms with Crippen LogP contribution in [0.3, 0.4) is 0 Å². The van der Waals surface area contributed by atoms with E-state index in [4.69, 9.17) is 0 Å². The van der Waals surface area contributed by atoms with Crippen LogP contribution in [0.4, 0.5) is 0 Å². The van der Waals surface area contributed by atoms with Crippen LogP contribution in [0.25, 0.3) is 0 Å². The lowest BCUT2D eigenvalue weighted by molar-refractivity contribution is -0.172. The van der Waals surface area contributed by atoms with Crippen molar-refractivity contribution < 1.29 is 20.1 Å². The third-order valence-electron chi connectivity index (χ3n) is 9.20. The minimum absolute atomic E-state index is 0.000648. The van der Waals surface area contributed by atoms with E-state index in [1.807, 2.05) is 0 Å². The highest BCUT2D eigenvalue weighted by atomic mass is 16.3. The molecule has 0 amide bonds. The van der Waals surface area contributed by atoms with Gasteiger partial charge in [-0.15, -0.1) is 0 Å². The minimum Gasteiger partial charge on any atom is -0.393 e. The number of Topliss-reactive ketones (excluding diaryl/α,β-unsaturated/α-hetero) is 1. The van der Waals surface area contributed by atoms with E-state index in [1.165, 1.54) is 0 Å². The van der Waals surface area contributed by atoms with Gasteiger partial charge in [0.15, 0.2) is 5.78 Å². The third kappa shape index (κ3) is 2.47. The molecule has 0 spiro atoms. The van der Waals surface area contributed by atoms with Gasteiger partial charge in [-0.3, -0.25) is 4.79 Å². The topological polar surface area (TPSA) is 77.8 Å². The highest BCUT2D eigenvalue weighted by Crippen LogP contribution is 2.67. The smallest absolute Gasteiger partial charge is 0.161 e. The molecule has 9 atom stereocenters. The second kappa shape index (κ2) is 6.03. The van der Waals surface area contributed by atoms with Crippen molar-refractivity contribution in [2.45, 2.75) is 77.4 Å². The molecule has 0 radical (unpaired) electrons. The summed E-state index contributed by atoms with van der Waals surface area (Å²) in [6.07, 6.45) is 7.02. The maximum atomic E-state index is 12.3. The number of aliphatic hydroxyl groups excluding tert-OH is 3. The molecule has 0 bridgehead atoms. The molecule has 4 nitrogen and oxygen atoms in total. The molecule has 4 aliphatic rings. The molecule has 4 rings (SSSR count). The molecule has 4 aliphatic carbocycles. The average Bonchev–Trinajstić information content (AvgIpc) is 2.93. The van der Waals surface area contributed by atoms with Crippen molar-refractivity contribution >= 4 is 5.78 Å². The fourth-order valence-electron chi connectivity index (χ4n) is 7.92. The molecular weight excluding hydrogens is 316 g/mol. The highest BCUT2D eigenvalue weighted by Gasteiger charge is 2.62. The van der Waals surface area contributed by atoms with Crippen LogP contribution in [0.5, 0.6) is 0 Å². The first-order chi connectivity index (χ1) is 11.8. The zero-order chi connectivity index (χ0) is 18.0. The standard InChI is InChI=1S/C21H34O4/c1-20-8-6-15-13(14(20)3-4-16(20)19(25)11-22)10-18(24)17-9-12(23)5-7-21(15,17)2/h12-18,22-24H,3-11H2,1-2H3/t12-,13+,14+,15+,16-,17+,18-,20+,21-/m1/s1. The SMILES string of the molecule is C[C@]12CC[C@@H](O)C[C@H]1[C@H](O)C[C@@H]1[C@@H]2CC[C@]2(C)[C@@H](C(=O)CO)CC[C@@H]12. The summed E-state index contributed by atoms with van der Waals surface area (Å²) >= 11 is 0. The van der Waals surface area contributed by atoms with E-state index < -0.39 is 0 Å². The maximum absolute atomic E-state index is 12.3. The molecule has 3 N–H and O–H groups in total. The summed E-state index contributed by atoms with van der Waals surface area (Å²) in [5.74, 6) is 1.82. The van der Waals surface area contributed by atoms with Gasteiger partial charge < -0.3 is 15.3 Å². The van der Waals surface area contributed by atoms with Crippen LogP contribution < -0.4 is 0 Å². The Bertz CT molecular complexity index is 548. The first-order valence-electron chi connectivity index (χ1n) is 10.3. The summed E-state index contributed by atoms with van der Waals surface area (Å²) < 4.78 is 0. The van der Waals surface area contributed by atoms with Crippen molar-refractivity contribution in [2.24, 2.45) is 40.4 Å². The van der Waals surface area contributed by atoms with Gasteiger partial charge in [-0.2, -0.15) is 0 Å². The Morgan fingerprint density at radius 1 is 0.920 bits per heavy atom. The van der Waals surface area contributed by atoms with Gasteiger partial charge in [-0.25, -0.2) is 0 Å². The van der Waals surface area contributed by atoms with Crippen molar-refractivity contribution in [3.63, 3.8) is 0 Å². The number of fused-ring (bicyclic) bond motifs is 5. The third-order valence-corrected chi connectivity index (χ3v) is 9.20. The van der Waals surface area contributed by atoms with Gasteiger partial charge in [0.2, 0.25) is 0 Å². The fourth-order valence-corrected chi connectivity index (χ4v) is 7.92. The molecule has 0 heterocycles. The number of ketones is 1. The number of carbonyl (C=O) groups excluding carboxylic acids is 1. The Morgan fingerprint density at radius 2 is 1.60 bits per heavy atom. The fraction of sp³-hybridized carbons (Fsp3) is 0.952. The quantitative estimate of drug-likeness (QED) is 0.715. The van der Waals surface area contributed by atoms with Crippen LogP contribution in [0, 0.1) is 40.4 Å². The molecule has 0 aromatic carbocycles. The lowest BCUT2D eigenvalue weighted by Crippen LogP contribution is -2.58. The molecule has 0 aliphatic heterocycles. The van der Waals surface area contributed by atoms with E-state index in [0.29, 0.717) is 17.8 Å². The van der Waals surface area contributed by atoms with Crippen molar-refractivity contribution in [3.8, 4) is 0 Å². The monoisotopic (exact) mass is 350 g/mol. The molecule has 0 aromatic heterocycles. The maximum Gasteiger partial charge on any atom is 0.161 e. The Labute approximate surface area is 151 Å². The van der Waals surface area contributed by atoms with Crippen LogP contribution in [-0.2, 0) is 4.79 Å². The Kier molecular flexibility index (Phi) is 4.33. The molecule has 0 saturated heterocycles.